The molecule has 34 heavy (non-hydrogen) atoms. The van der Waals surface area contributed by atoms with Crippen molar-refractivity contribution in [2.24, 2.45) is 0 Å². The summed E-state index contributed by atoms with van der Waals surface area (Å²) < 4.78 is 12.5. The number of aliphatic hydroxyl groups is 1. The van der Waals surface area contributed by atoms with E-state index in [4.69, 9.17) is 20.9 Å². The Labute approximate surface area is 207 Å². The highest BCUT2D eigenvalue weighted by atomic mass is 35.5. The first-order valence-electron chi connectivity index (χ1n) is 11.4. The molecule has 2 aromatic heterocycles. The quantitative estimate of drug-likeness (QED) is 0.384. The van der Waals surface area contributed by atoms with Crippen LogP contribution in [0.3, 0.4) is 0 Å². The second-order valence-electron chi connectivity index (χ2n) is 8.59. The van der Waals surface area contributed by atoms with Crippen LogP contribution in [0.2, 0.25) is 5.02 Å². The molecule has 0 saturated carbocycles. The van der Waals surface area contributed by atoms with Crippen molar-refractivity contribution < 1.29 is 14.4 Å². The summed E-state index contributed by atoms with van der Waals surface area (Å²) in [7, 11) is 0. The lowest BCUT2D eigenvalue weighted by atomic mass is 10.1. The number of piperazine rings is 1. The minimum Gasteiger partial charge on any atom is -0.491 e. The molecule has 1 N–H and O–H groups in total. The van der Waals surface area contributed by atoms with Gasteiger partial charge in [-0.15, -0.1) is 11.3 Å². The van der Waals surface area contributed by atoms with Crippen molar-refractivity contribution in [1.82, 2.24) is 19.9 Å². The van der Waals surface area contributed by atoms with Crippen molar-refractivity contribution in [3.8, 4) is 17.1 Å². The first-order valence-corrected chi connectivity index (χ1v) is 12.6. The molecule has 0 aliphatic carbocycles. The number of aliphatic hydroxyl groups excluding tert-OH is 1. The molecule has 0 unspecified atom stereocenters. The second-order valence-corrected chi connectivity index (χ2v) is 10.3. The van der Waals surface area contributed by atoms with Crippen LogP contribution in [0.25, 0.3) is 21.5 Å². The van der Waals surface area contributed by atoms with Crippen molar-refractivity contribution in [2.75, 3.05) is 39.3 Å². The van der Waals surface area contributed by atoms with E-state index in [1.165, 1.54) is 0 Å². The van der Waals surface area contributed by atoms with Gasteiger partial charge >= 0.3 is 0 Å². The van der Waals surface area contributed by atoms with Crippen LogP contribution in [0.15, 0.2) is 53.1 Å². The predicted octanol–water partition coefficient (Wildman–Crippen LogP) is 4.47. The number of hydrogen-bond acceptors (Lipinski definition) is 8. The Bertz CT molecular complexity index is 1230. The Morgan fingerprint density at radius 2 is 1.85 bits per heavy atom. The van der Waals surface area contributed by atoms with Gasteiger partial charge in [-0.25, -0.2) is 4.98 Å². The Morgan fingerprint density at radius 3 is 2.65 bits per heavy atom. The molecule has 1 saturated heterocycles. The van der Waals surface area contributed by atoms with Gasteiger partial charge in [-0.05, 0) is 43.3 Å². The molecule has 1 fully saturated rings. The summed E-state index contributed by atoms with van der Waals surface area (Å²) in [5, 5.41) is 16.4. The number of halogens is 1. The summed E-state index contributed by atoms with van der Waals surface area (Å²) in [6, 6.07) is 15.4. The molecule has 3 heterocycles. The van der Waals surface area contributed by atoms with Crippen LogP contribution in [0.1, 0.15) is 10.7 Å². The van der Waals surface area contributed by atoms with Crippen LogP contribution >= 0.6 is 22.9 Å². The molecule has 178 valence electrons. The monoisotopic (exact) mass is 498 g/mol. The third kappa shape index (κ3) is 5.76. The van der Waals surface area contributed by atoms with Crippen LogP contribution in [-0.4, -0.2) is 70.5 Å². The molecule has 0 spiro atoms. The highest BCUT2D eigenvalue weighted by Crippen LogP contribution is 2.26. The number of hydrogen-bond donors (Lipinski definition) is 1. The summed E-state index contributed by atoms with van der Waals surface area (Å²) in [6.45, 7) is 7.21. The number of β-amino-alcohol motifs (C(OH)–C–C–N with tert-alkyl or cyclic N) is 1. The van der Waals surface area contributed by atoms with Gasteiger partial charge in [0.05, 0.1) is 20.9 Å². The van der Waals surface area contributed by atoms with Crippen LogP contribution in [0, 0.1) is 6.92 Å². The first kappa shape index (κ1) is 23.3. The first-order chi connectivity index (χ1) is 16.5. The van der Waals surface area contributed by atoms with Crippen molar-refractivity contribution >= 4 is 33.2 Å². The molecule has 0 radical (unpaired) electrons. The molecule has 2 aromatic carbocycles. The van der Waals surface area contributed by atoms with Crippen molar-refractivity contribution in [3.05, 3.63) is 64.3 Å². The molecule has 5 rings (SSSR count). The van der Waals surface area contributed by atoms with E-state index in [1.54, 1.807) is 11.3 Å². The molecule has 1 aliphatic rings. The third-order valence-corrected chi connectivity index (χ3v) is 7.12. The van der Waals surface area contributed by atoms with E-state index in [0.29, 0.717) is 11.6 Å². The fourth-order valence-electron chi connectivity index (χ4n) is 4.15. The molecule has 0 bridgehead atoms. The van der Waals surface area contributed by atoms with E-state index < -0.39 is 6.10 Å². The summed E-state index contributed by atoms with van der Waals surface area (Å²) in [4.78, 5) is 9.13. The number of thiazole rings is 1. The fraction of sp³-hybridized carbons (Fsp3) is 0.360. The Kier molecular flexibility index (Phi) is 7.12. The second kappa shape index (κ2) is 10.4. The van der Waals surface area contributed by atoms with Crippen LogP contribution < -0.4 is 4.74 Å². The maximum absolute atomic E-state index is 10.5. The van der Waals surface area contributed by atoms with Gasteiger partial charge < -0.3 is 14.4 Å². The molecule has 1 aliphatic heterocycles. The highest BCUT2D eigenvalue weighted by Gasteiger charge is 2.21. The number of benzene rings is 2. The zero-order valence-corrected chi connectivity index (χ0v) is 20.6. The van der Waals surface area contributed by atoms with Gasteiger partial charge in [0.15, 0.2) is 5.76 Å². The lowest BCUT2D eigenvalue weighted by molar-refractivity contribution is 0.0442. The topological polar surface area (TPSA) is 74.9 Å². The fourth-order valence-corrected chi connectivity index (χ4v) is 5.08. The van der Waals surface area contributed by atoms with Gasteiger partial charge in [-0.1, -0.05) is 16.8 Å². The maximum Gasteiger partial charge on any atom is 0.167 e. The van der Waals surface area contributed by atoms with E-state index in [1.807, 2.05) is 55.5 Å². The minimum atomic E-state index is -0.545. The molecule has 9 heteroatoms. The largest absolute Gasteiger partial charge is 0.491 e. The van der Waals surface area contributed by atoms with E-state index in [9.17, 15) is 5.11 Å². The SMILES string of the molecule is Cc1nc2cc(OC[C@H](O)CN3CCN(Cc4cc(-c5ccc(Cl)cc5)on4)CC3)ccc2s1. The van der Waals surface area contributed by atoms with Crippen LogP contribution in [0.5, 0.6) is 5.75 Å². The minimum absolute atomic E-state index is 0.265. The predicted molar refractivity (Wildman–Crippen MR) is 135 cm³/mol. The zero-order chi connectivity index (χ0) is 23.5. The zero-order valence-electron chi connectivity index (χ0n) is 19.0. The average Bonchev–Trinajstić information content (AvgIpc) is 3.44. The van der Waals surface area contributed by atoms with Gasteiger partial charge in [0.25, 0.3) is 0 Å². The van der Waals surface area contributed by atoms with Crippen molar-refractivity contribution in [1.29, 1.82) is 0 Å². The maximum atomic E-state index is 10.5. The Hall–Kier alpha value is -2.49. The van der Waals surface area contributed by atoms with Gasteiger partial charge in [0.1, 0.15) is 18.5 Å². The number of rotatable bonds is 8. The Morgan fingerprint density at radius 1 is 1.09 bits per heavy atom. The van der Waals surface area contributed by atoms with Crippen LogP contribution in [0.4, 0.5) is 0 Å². The summed E-state index contributed by atoms with van der Waals surface area (Å²) in [5.41, 5.74) is 2.82. The van der Waals surface area contributed by atoms with Gasteiger partial charge in [-0.2, -0.15) is 0 Å². The summed E-state index contributed by atoms with van der Waals surface area (Å²) >= 11 is 7.63. The molecule has 4 aromatic rings. The average molecular weight is 499 g/mol. The standard InChI is InChI=1S/C25H27ClN4O3S/c1-17-27-23-13-22(6-7-25(23)34-17)32-16-21(31)15-30-10-8-29(9-11-30)14-20-12-24(33-28-20)18-2-4-19(26)5-3-18/h2-7,12-13,21,31H,8-11,14-16H2,1H3/t21-/m1/s1. The molecule has 1 atom stereocenters. The summed E-state index contributed by atoms with van der Waals surface area (Å²) in [5.74, 6) is 1.49. The molecular weight excluding hydrogens is 472 g/mol. The van der Waals surface area contributed by atoms with Crippen molar-refractivity contribution in [2.45, 2.75) is 19.6 Å². The smallest absolute Gasteiger partial charge is 0.167 e. The van der Waals surface area contributed by atoms with Crippen molar-refractivity contribution in [3.63, 3.8) is 0 Å². The lowest BCUT2D eigenvalue weighted by Gasteiger charge is -2.35. The van der Waals surface area contributed by atoms with E-state index in [2.05, 4.69) is 19.9 Å². The van der Waals surface area contributed by atoms with Gasteiger partial charge in [0.2, 0.25) is 0 Å². The number of fused-ring (bicyclic) bond motifs is 1. The molecule has 0 amide bonds. The van der Waals surface area contributed by atoms with E-state index in [0.717, 1.165) is 70.7 Å². The lowest BCUT2D eigenvalue weighted by Crippen LogP contribution is -2.48. The summed E-state index contributed by atoms with van der Waals surface area (Å²) in [6.07, 6.45) is -0.545. The van der Waals surface area contributed by atoms with Crippen LogP contribution in [-0.2, 0) is 6.54 Å². The highest BCUT2D eigenvalue weighted by molar-refractivity contribution is 7.18. The normalized spacial score (nSPS) is 16.2. The van der Waals surface area contributed by atoms with E-state index in [-0.39, 0.29) is 6.61 Å². The Balaban J connectivity index is 1.05. The third-order valence-electron chi connectivity index (χ3n) is 5.92. The van der Waals surface area contributed by atoms with Gasteiger partial charge in [0, 0.05) is 62.0 Å². The number of aryl methyl sites for hydroxylation is 1. The molecular formula is C25H27ClN4O3S. The number of ether oxygens (including phenoxy) is 1. The number of aromatic nitrogens is 2. The van der Waals surface area contributed by atoms with Gasteiger partial charge in [-0.3, -0.25) is 9.80 Å². The molecule has 7 nitrogen and oxygen atoms in total. The van der Waals surface area contributed by atoms with E-state index >= 15 is 0 Å². The number of nitrogens with zero attached hydrogens (tertiary/aromatic N) is 4.